The molecule has 1 saturated heterocycles. The standard InChI is InChI=1S/C23H22N2O6/c1-31-18-9-7-17(8-10-18)25-21(27)15-19(23(25)30)24(20(26)11-12-22(28)29)14-13-16-5-3-2-4-6-16/h2-12,19H,13-15H2,1H3,(H,28,29)/p-1/b12-11+/t19-/m0/s1. The van der Waals surface area contributed by atoms with Gasteiger partial charge in [0.25, 0.3) is 5.91 Å². The molecule has 1 heterocycles. The first-order valence-corrected chi connectivity index (χ1v) is 9.65. The van der Waals surface area contributed by atoms with Crippen molar-refractivity contribution in [2.24, 2.45) is 0 Å². The molecule has 0 unspecified atom stereocenters. The lowest BCUT2D eigenvalue weighted by Gasteiger charge is -2.26. The van der Waals surface area contributed by atoms with Crippen LogP contribution >= 0.6 is 0 Å². The van der Waals surface area contributed by atoms with Crippen molar-refractivity contribution in [2.75, 3.05) is 18.6 Å². The number of carboxylic acids is 1. The lowest BCUT2D eigenvalue weighted by molar-refractivity contribution is -0.297. The molecule has 160 valence electrons. The summed E-state index contributed by atoms with van der Waals surface area (Å²) >= 11 is 0. The summed E-state index contributed by atoms with van der Waals surface area (Å²) in [5.41, 5.74) is 1.31. The molecule has 0 N–H and O–H groups in total. The second kappa shape index (κ2) is 9.71. The first-order chi connectivity index (χ1) is 14.9. The SMILES string of the molecule is COc1ccc(N2C(=O)C[C@H](N(CCc3ccccc3)C(=O)/C=C/C(=O)[O-])C2=O)cc1. The molecule has 2 aromatic carbocycles. The second-order valence-corrected chi connectivity index (χ2v) is 6.90. The van der Waals surface area contributed by atoms with Crippen LogP contribution in [-0.4, -0.2) is 48.3 Å². The maximum absolute atomic E-state index is 13.1. The number of rotatable bonds is 8. The predicted molar refractivity (Wildman–Crippen MR) is 110 cm³/mol. The molecule has 0 spiro atoms. The normalized spacial score (nSPS) is 16.0. The van der Waals surface area contributed by atoms with Gasteiger partial charge in [0.2, 0.25) is 11.8 Å². The Morgan fingerprint density at radius 1 is 1.10 bits per heavy atom. The van der Waals surface area contributed by atoms with E-state index in [2.05, 4.69) is 0 Å². The Morgan fingerprint density at radius 3 is 2.39 bits per heavy atom. The maximum Gasteiger partial charge on any atom is 0.257 e. The average Bonchev–Trinajstić information content (AvgIpc) is 3.07. The molecule has 1 aliphatic heterocycles. The van der Waals surface area contributed by atoms with Gasteiger partial charge in [-0.3, -0.25) is 14.4 Å². The Morgan fingerprint density at radius 2 is 1.77 bits per heavy atom. The highest BCUT2D eigenvalue weighted by atomic mass is 16.5. The van der Waals surface area contributed by atoms with Crippen molar-refractivity contribution in [1.29, 1.82) is 0 Å². The third-order valence-corrected chi connectivity index (χ3v) is 4.96. The maximum atomic E-state index is 13.1. The Kier molecular flexibility index (Phi) is 6.81. The molecule has 1 aliphatic rings. The molecule has 0 radical (unpaired) electrons. The summed E-state index contributed by atoms with van der Waals surface area (Å²) in [7, 11) is 1.51. The number of amides is 3. The van der Waals surface area contributed by atoms with E-state index in [0.717, 1.165) is 16.5 Å². The highest BCUT2D eigenvalue weighted by Gasteiger charge is 2.43. The van der Waals surface area contributed by atoms with Crippen LogP contribution in [0, 0.1) is 0 Å². The number of methoxy groups -OCH3 is 1. The molecular weight excluding hydrogens is 400 g/mol. The zero-order chi connectivity index (χ0) is 22.4. The van der Waals surface area contributed by atoms with E-state index in [1.165, 1.54) is 12.0 Å². The molecule has 0 aliphatic carbocycles. The van der Waals surface area contributed by atoms with Gasteiger partial charge in [0.05, 0.1) is 25.2 Å². The Hall–Kier alpha value is -3.94. The van der Waals surface area contributed by atoms with Crippen LogP contribution in [0.3, 0.4) is 0 Å². The molecule has 8 heteroatoms. The summed E-state index contributed by atoms with van der Waals surface area (Å²) in [5.74, 6) is -2.61. The fourth-order valence-corrected chi connectivity index (χ4v) is 3.41. The number of hydrogen-bond donors (Lipinski definition) is 0. The van der Waals surface area contributed by atoms with Crippen molar-refractivity contribution >= 4 is 29.4 Å². The topological polar surface area (TPSA) is 107 Å². The number of aliphatic carboxylic acids is 1. The van der Waals surface area contributed by atoms with Gasteiger partial charge in [0.1, 0.15) is 11.8 Å². The molecule has 0 saturated carbocycles. The number of imide groups is 1. The van der Waals surface area contributed by atoms with E-state index in [4.69, 9.17) is 4.74 Å². The number of benzene rings is 2. The summed E-state index contributed by atoms with van der Waals surface area (Å²) in [6, 6.07) is 14.7. The molecule has 3 rings (SSSR count). The number of ether oxygens (including phenoxy) is 1. The highest BCUT2D eigenvalue weighted by molar-refractivity contribution is 6.23. The number of nitrogens with zero attached hydrogens (tertiary/aromatic N) is 2. The summed E-state index contributed by atoms with van der Waals surface area (Å²) in [6.45, 7) is 0.139. The van der Waals surface area contributed by atoms with Crippen molar-refractivity contribution in [3.8, 4) is 5.75 Å². The van der Waals surface area contributed by atoms with Crippen LogP contribution in [0.1, 0.15) is 12.0 Å². The molecule has 31 heavy (non-hydrogen) atoms. The van der Waals surface area contributed by atoms with Crippen LogP contribution < -0.4 is 14.7 Å². The van der Waals surface area contributed by atoms with Gasteiger partial charge in [-0.25, -0.2) is 4.90 Å². The summed E-state index contributed by atoms with van der Waals surface area (Å²) in [5, 5.41) is 10.7. The average molecular weight is 421 g/mol. The zero-order valence-corrected chi connectivity index (χ0v) is 16.9. The number of hydrogen-bond acceptors (Lipinski definition) is 6. The molecule has 3 amide bonds. The monoisotopic (exact) mass is 421 g/mol. The first kappa shape index (κ1) is 21.8. The highest BCUT2D eigenvalue weighted by Crippen LogP contribution is 2.27. The van der Waals surface area contributed by atoms with Crippen LogP contribution in [0.15, 0.2) is 66.7 Å². The van der Waals surface area contributed by atoms with Crippen molar-refractivity contribution < 1.29 is 29.0 Å². The van der Waals surface area contributed by atoms with Crippen molar-refractivity contribution in [2.45, 2.75) is 18.9 Å². The van der Waals surface area contributed by atoms with Gasteiger partial charge >= 0.3 is 0 Å². The van der Waals surface area contributed by atoms with Crippen LogP contribution in [-0.2, 0) is 25.6 Å². The fraction of sp³-hybridized carbons (Fsp3) is 0.217. The van der Waals surface area contributed by atoms with E-state index in [1.807, 2.05) is 30.3 Å². The minimum absolute atomic E-state index is 0.139. The van der Waals surface area contributed by atoms with Crippen LogP contribution in [0.25, 0.3) is 0 Å². The third kappa shape index (κ3) is 5.16. The third-order valence-electron chi connectivity index (χ3n) is 4.96. The quantitative estimate of drug-likeness (QED) is 0.459. The molecule has 1 fully saturated rings. The fourth-order valence-electron chi connectivity index (χ4n) is 3.41. The number of carbonyl (C=O) groups is 4. The molecule has 8 nitrogen and oxygen atoms in total. The summed E-state index contributed by atoms with van der Waals surface area (Å²) < 4.78 is 5.09. The summed E-state index contributed by atoms with van der Waals surface area (Å²) in [4.78, 5) is 51.4. The van der Waals surface area contributed by atoms with E-state index >= 15 is 0 Å². The second-order valence-electron chi connectivity index (χ2n) is 6.90. The largest absolute Gasteiger partial charge is 0.545 e. The Bertz CT molecular complexity index is 1000. The number of anilines is 1. The smallest absolute Gasteiger partial charge is 0.257 e. The minimum atomic E-state index is -1.52. The van der Waals surface area contributed by atoms with Crippen LogP contribution in [0.2, 0.25) is 0 Å². The molecule has 1 atom stereocenters. The molecule has 2 aromatic rings. The van der Waals surface area contributed by atoms with Gasteiger partial charge < -0.3 is 19.5 Å². The predicted octanol–water partition coefficient (Wildman–Crippen LogP) is 0.704. The van der Waals surface area contributed by atoms with Gasteiger partial charge in [0.15, 0.2) is 0 Å². The van der Waals surface area contributed by atoms with E-state index in [-0.39, 0.29) is 13.0 Å². The lowest BCUT2D eigenvalue weighted by atomic mass is 10.1. The van der Waals surface area contributed by atoms with Gasteiger partial charge in [-0.1, -0.05) is 30.3 Å². The first-order valence-electron chi connectivity index (χ1n) is 9.65. The Labute approximate surface area is 179 Å². The Balaban J connectivity index is 1.84. The van der Waals surface area contributed by atoms with Crippen molar-refractivity contribution in [3.63, 3.8) is 0 Å². The lowest BCUT2D eigenvalue weighted by Crippen LogP contribution is -2.46. The number of carboxylic acid groups (broad SMARTS) is 1. The van der Waals surface area contributed by atoms with Crippen molar-refractivity contribution in [3.05, 3.63) is 72.3 Å². The number of carbonyl (C=O) groups excluding carboxylic acids is 4. The molecule has 0 aromatic heterocycles. The van der Waals surface area contributed by atoms with E-state index in [0.29, 0.717) is 23.9 Å². The van der Waals surface area contributed by atoms with Crippen LogP contribution in [0.5, 0.6) is 5.75 Å². The van der Waals surface area contributed by atoms with Gasteiger partial charge in [0, 0.05) is 12.6 Å². The van der Waals surface area contributed by atoms with E-state index in [1.54, 1.807) is 24.3 Å². The van der Waals surface area contributed by atoms with Crippen LogP contribution in [0.4, 0.5) is 5.69 Å². The summed E-state index contributed by atoms with van der Waals surface area (Å²) in [6.07, 6.45) is 1.70. The zero-order valence-electron chi connectivity index (χ0n) is 16.9. The van der Waals surface area contributed by atoms with Gasteiger partial charge in [-0.15, -0.1) is 0 Å². The van der Waals surface area contributed by atoms with Gasteiger partial charge in [-0.2, -0.15) is 0 Å². The molecular formula is C23H21N2O6-. The van der Waals surface area contributed by atoms with Gasteiger partial charge in [-0.05, 0) is 42.3 Å². The van der Waals surface area contributed by atoms with Crippen molar-refractivity contribution in [1.82, 2.24) is 4.90 Å². The molecule has 0 bridgehead atoms. The van der Waals surface area contributed by atoms with E-state index in [9.17, 15) is 24.3 Å². The minimum Gasteiger partial charge on any atom is -0.545 e. The van der Waals surface area contributed by atoms with E-state index < -0.39 is 29.7 Å².